The number of nitrogens with zero attached hydrogens (tertiary/aromatic N) is 1. The highest BCUT2D eigenvalue weighted by atomic mass is 28.4. The number of rotatable bonds is 6. The Morgan fingerprint density at radius 1 is 1.03 bits per heavy atom. The molecule has 194 valence electrons. The van der Waals surface area contributed by atoms with E-state index in [1.165, 1.54) is 37.8 Å². The number of oxime groups is 1. The summed E-state index contributed by atoms with van der Waals surface area (Å²) in [6.45, 7) is 21.4. The number of hydrogen-bond acceptors (Lipinski definition) is 4. The van der Waals surface area contributed by atoms with Crippen molar-refractivity contribution >= 4 is 22.3 Å². The van der Waals surface area contributed by atoms with Gasteiger partial charge in [0.25, 0.3) is 0 Å². The van der Waals surface area contributed by atoms with Crippen molar-refractivity contribution in [2.24, 2.45) is 39.7 Å². The molecular formula is C28H51NO3Si2. The van der Waals surface area contributed by atoms with E-state index in [9.17, 15) is 0 Å². The number of allylic oxidation sites excluding steroid dienone is 1. The minimum Gasteiger partial charge on any atom is -0.415 e. The van der Waals surface area contributed by atoms with Crippen molar-refractivity contribution in [3.63, 3.8) is 0 Å². The quantitative estimate of drug-likeness (QED) is 0.211. The van der Waals surface area contributed by atoms with Crippen LogP contribution >= 0.6 is 0 Å². The summed E-state index contributed by atoms with van der Waals surface area (Å²) in [5.74, 6) is 2.52. The highest BCUT2D eigenvalue weighted by Crippen LogP contribution is 2.66. The lowest BCUT2D eigenvalue weighted by molar-refractivity contribution is -0.0145. The van der Waals surface area contributed by atoms with Crippen molar-refractivity contribution in [1.82, 2.24) is 0 Å². The van der Waals surface area contributed by atoms with Gasteiger partial charge >= 0.3 is 0 Å². The number of hydrogen-bond donors (Lipinski definition) is 0. The Labute approximate surface area is 211 Å². The fourth-order valence-electron chi connectivity index (χ4n) is 8.75. The zero-order chi connectivity index (χ0) is 25.1. The maximum absolute atomic E-state index is 6.67. The van der Waals surface area contributed by atoms with Crippen molar-refractivity contribution in [2.45, 2.75) is 117 Å². The molecule has 0 saturated heterocycles. The van der Waals surface area contributed by atoms with E-state index in [-0.39, 0.29) is 10.8 Å². The van der Waals surface area contributed by atoms with Crippen LogP contribution in [0, 0.1) is 34.5 Å². The summed E-state index contributed by atoms with van der Waals surface area (Å²) < 4.78 is 13.3. The van der Waals surface area contributed by atoms with E-state index in [4.69, 9.17) is 18.8 Å². The Hall–Kier alpha value is -0.436. The highest BCUT2D eigenvalue weighted by molar-refractivity contribution is 6.70. The van der Waals surface area contributed by atoms with Gasteiger partial charge < -0.3 is 13.7 Å². The minimum absolute atomic E-state index is 0.194. The van der Waals surface area contributed by atoms with Crippen LogP contribution in [-0.4, -0.2) is 41.7 Å². The van der Waals surface area contributed by atoms with Gasteiger partial charge in [-0.05, 0) is 120 Å². The monoisotopic (exact) mass is 505 g/mol. The summed E-state index contributed by atoms with van der Waals surface area (Å²) >= 11 is 0. The fourth-order valence-corrected chi connectivity index (χ4v) is 11.2. The molecule has 0 amide bonds. The lowest BCUT2D eigenvalue weighted by Crippen LogP contribution is -2.56. The molecule has 0 bridgehead atoms. The molecule has 8 atom stereocenters. The van der Waals surface area contributed by atoms with E-state index in [2.05, 4.69) is 66.1 Å². The molecular weight excluding hydrogens is 454 g/mol. The highest BCUT2D eigenvalue weighted by Gasteiger charge is 2.62. The van der Waals surface area contributed by atoms with Crippen LogP contribution in [-0.2, 0) is 13.7 Å². The Balaban J connectivity index is 1.64. The Morgan fingerprint density at radius 3 is 2.35 bits per heavy atom. The molecule has 0 aromatic carbocycles. The molecule has 0 heterocycles. The molecule has 0 radical (unpaired) electrons. The molecule has 4 nitrogen and oxygen atoms in total. The molecule has 0 aromatic heterocycles. The second-order valence-corrected chi connectivity index (χ2v) is 23.2. The minimum atomic E-state index is -1.58. The molecule has 4 rings (SSSR count). The lowest BCUT2D eigenvalue weighted by atomic mass is 9.46. The van der Waals surface area contributed by atoms with Crippen LogP contribution < -0.4 is 0 Å². The van der Waals surface area contributed by atoms with Crippen LogP contribution in [0.3, 0.4) is 0 Å². The first-order valence-electron chi connectivity index (χ1n) is 13.8. The van der Waals surface area contributed by atoms with Gasteiger partial charge in [-0.2, -0.15) is 0 Å². The third kappa shape index (κ3) is 4.90. The molecule has 4 aliphatic rings. The fraction of sp³-hybridized carbons (Fsp3) is 0.893. The molecule has 3 saturated carbocycles. The first kappa shape index (κ1) is 26.6. The van der Waals surface area contributed by atoms with E-state index < -0.39 is 16.6 Å². The smallest absolute Gasteiger partial charge is 0.184 e. The standard InChI is InChI=1S/C28H51NO3Si2/c1-19(31-33(5,6)7)23-13-14-24-22-12-11-20-17-21(32-34(8,9)10)15-16-27(20,2)26(22)25(29-30-4)18-28(23,24)3/h11,19,21-24,26H,12-18H2,1-10H3/t19-,21+,22?,23-,24?,26?,27+,28-/m1/s1. The maximum atomic E-state index is 6.67. The third-order valence-electron chi connectivity index (χ3n) is 9.67. The normalized spacial score (nSPS) is 42.5. The van der Waals surface area contributed by atoms with Gasteiger partial charge in [0.1, 0.15) is 7.11 Å². The largest absolute Gasteiger partial charge is 0.415 e. The molecule has 0 spiro atoms. The molecule has 4 aliphatic carbocycles. The first-order chi connectivity index (χ1) is 15.7. The molecule has 6 heteroatoms. The average Bonchev–Trinajstić information content (AvgIpc) is 3.02. The summed E-state index contributed by atoms with van der Waals surface area (Å²) in [4.78, 5) is 5.54. The zero-order valence-corrected chi connectivity index (χ0v) is 25.7. The summed E-state index contributed by atoms with van der Waals surface area (Å²) in [5.41, 5.74) is 3.41. The second kappa shape index (κ2) is 9.14. The molecule has 3 unspecified atom stereocenters. The van der Waals surface area contributed by atoms with Crippen molar-refractivity contribution in [3.05, 3.63) is 11.6 Å². The Bertz CT molecular complexity index is 828. The first-order valence-corrected chi connectivity index (χ1v) is 20.6. The molecule has 0 aromatic rings. The summed E-state index contributed by atoms with van der Waals surface area (Å²) in [7, 11) is -1.37. The van der Waals surface area contributed by atoms with Gasteiger partial charge in [0, 0.05) is 18.1 Å². The van der Waals surface area contributed by atoms with Crippen LogP contribution in [0.1, 0.15) is 65.7 Å². The second-order valence-electron chi connectivity index (χ2n) is 14.3. The van der Waals surface area contributed by atoms with Gasteiger partial charge in [0.2, 0.25) is 0 Å². The molecule has 0 N–H and O–H groups in total. The molecule has 0 aliphatic heterocycles. The molecule has 34 heavy (non-hydrogen) atoms. The van der Waals surface area contributed by atoms with Crippen LogP contribution in [0.5, 0.6) is 0 Å². The van der Waals surface area contributed by atoms with Gasteiger partial charge in [-0.25, -0.2) is 0 Å². The lowest BCUT2D eigenvalue weighted by Gasteiger charge is -2.58. The van der Waals surface area contributed by atoms with Crippen molar-refractivity contribution in [1.29, 1.82) is 0 Å². The third-order valence-corrected chi connectivity index (χ3v) is 11.8. The number of fused-ring (bicyclic) bond motifs is 5. The van der Waals surface area contributed by atoms with Crippen LogP contribution in [0.4, 0.5) is 0 Å². The van der Waals surface area contributed by atoms with E-state index >= 15 is 0 Å². The van der Waals surface area contributed by atoms with Crippen LogP contribution in [0.2, 0.25) is 39.3 Å². The van der Waals surface area contributed by atoms with E-state index in [1.54, 1.807) is 12.7 Å². The predicted octanol–water partition coefficient (Wildman–Crippen LogP) is 7.64. The zero-order valence-electron chi connectivity index (χ0n) is 23.7. The van der Waals surface area contributed by atoms with E-state index in [0.717, 1.165) is 18.8 Å². The molecule has 3 fully saturated rings. The summed E-state index contributed by atoms with van der Waals surface area (Å²) in [6, 6.07) is 0. The van der Waals surface area contributed by atoms with Crippen molar-refractivity contribution in [2.75, 3.05) is 7.11 Å². The van der Waals surface area contributed by atoms with Crippen molar-refractivity contribution < 1.29 is 13.7 Å². The Morgan fingerprint density at radius 2 is 1.74 bits per heavy atom. The topological polar surface area (TPSA) is 40.0 Å². The van der Waals surface area contributed by atoms with Crippen LogP contribution in [0.25, 0.3) is 0 Å². The van der Waals surface area contributed by atoms with Gasteiger partial charge in [-0.15, -0.1) is 0 Å². The maximum Gasteiger partial charge on any atom is 0.184 e. The van der Waals surface area contributed by atoms with E-state index in [0.29, 0.717) is 30.0 Å². The van der Waals surface area contributed by atoms with Gasteiger partial charge in [0.15, 0.2) is 16.6 Å². The van der Waals surface area contributed by atoms with Crippen LogP contribution in [0.15, 0.2) is 16.8 Å². The van der Waals surface area contributed by atoms with E-state index in [1.807, 2.05) is 0 Å². The summed E-state index contributed by atoms with van der Waals surface area (Å²) in [5, 5.41) is 4.79. The van der Waals surface area contributed by atoms with Crippen molar-refractivity contribution in [3.8, 4) is 0 Å². The average molecular weight is 506 g/mol. The Kier molecular flexibility index (Phi) is 7.16. The van der Waals surface area contributed by atoms with Gasteiger partial charge in [-0.3, -0.25) is 0 Å². The predicted molar refractivity (Wildman–Crippen MR) is 147 cm³/mol. The summed E-state index contributed by atoms with van der Waals surface area (Å²) in [6.07, 6.45) is 11.7. The van der Waals surface area contributed by atoms with Gasteiger partial charge in [0.05, 0.1) is 5.71 Å². The van der Waals surface area contributed by atoms with Gasteiger partial charge in [-0.1, -0.05) is 30.7 Å². The SMILES string of the molecule is CON=C1C[C@@]2(C)C(CC[C@@H]2[C@@H](C)O[Si](C)(C)C)C2CC=C3C[C@@H](O[Si](C)(C)C)CC[C@]3(C)C12.